The van der Waals surface area contributed by atoms with Gasteiger partial charge in [0.2, 0.25) is 0 Å². The summed E-state index contributed by atoms with van der Waals surface area (Å²) in [5.74, 6) is -0.454. The summed E-state index contributed by atoms with van der Waals surface area (Å²) in [7, 11) is 0. The number of hydrogen-bond acceptors (Lipinski definition) is 4. The van der Waals surface area contributed by atoms with E-state index in [-0.39, 0.29) is 5.75 Å². The van der Waals surface area contributed by atoms with E-state index in [2.05, 4.69) is 4.89 Å². The number of carbonyl (C=O) groups is 2. The van der Waals surface area contributed by atoms with Gasteiger partial charge in [0, 0.05) is 18.0 Å². The molecule has 0 spiro atoms. The quantitative estimate of drug-likeness (QED) is 0.463. The van der Waals surface area contributed by atoms with Crippen LogP contribution in [0.4, 0.5) is 0 Å². The van der Waals surface area contributed by atoms with Crippen molar-refractivity contribution >= 4 is 23.9 Å². The Bertz CT molecular complexity index is 415. The lowest BCUT2D eigenvalue weighted by Gasteiger charge is -2.09. The van der Waals surface area contributed by atoms with Crippen molar-refractivity contribution in [2.45, 2.75) is 20.3 Å². The van der Waals surface area contributed by atoms with E-state index in [9.17, 15) is 9.59 Å². The molecule has 0 amide bonds. The van der Waals surface area contributed by atoms with Gasteiger partial charge in [0.15, 0.2) is 12.0 Å². The molecule has 0 atom stereocenters. The molecule has 0 unspecified atom stereocenters. The van der Waals surface area contributed by atoms with Gasteiger partial charge in [-0.2, -0.15) is 0 Å². The van der Waals surface area contributed by atoms with Crippen molar-refractivity contribution in [3.8, 4) is 5.75 Å². The van der Waals surface area contributed by atoms with Gasteiger partial charge >= 0.3 is 5.97 Å². The van der Waals surface area contributed by atoms with Gasteiger partial charge in [-0.3, -0.25) is 14.6 Å². The summed E-state index contributed by atoms with van der Waals surface area (Å²) >= 11 is 5.84. The van der Waals surface area contributed by atoms with E-state index in [1.807, 2.05) is 6.92 Å². The predicted octanol–water partition coefficient (Wildman–Crippen LogP) is 2.57. The summed E-state index contributed by atoms with van der Waals surface area (Å²) in [5.41, 5.74) is 1.08. The second kappa shape index (κ2) is 5.51. The average molecular weight is 243 g/mol. The number of hydrogen-bond donors (Lipinski definition) is 0. The minimum absolute atomic E-state index is 0.148. The number of halogens is 1. The lowest BCUT2D eigenvalue weighted by atomic mass is 10.1. The predicted molar refractivity (Wildman–Crippen MR) is 58.6 cm³/mol. The molecule has 0 bridgehead atoms. The fraction of sp³-hybridized carbons (Fsp3) is 0.273. The summed E-state index contributed by atoms with van der Waals surface area (Å²) in [4.78, 5) is 30.6. The molecule has 1 aromatic rings. The molecular formula is C11H11ClO4. The molecule has 0 aliphatic carbocycles. The van der Waals surface area contributed by atoms with E-state index in [1.54, 1.807) is 6.07 Å². The minimum Gasteiger partial charge on any atom is -0.298 e. The molecule has 1 aromatic carbocycles. The highest BCUT2D eigenvalue weighted by molar-refractivity contribution is 6.31. The second-order valence-electron chi connectivity index (χ2n) is 3.11. The highest BCUT2D eigenvalue weighted by Crippen LogP contribution is 2.26. The van der Waals surface area contributed by atoms with Gasteiger partial charge in [0.25, 0.3) is 0 Å². The molecule has 0 radical (unpaired) electrons. The van der Waals surface area contributed by atoms with Crippen LogP contribution in [-0.2, 0) is 16.1 Å². The molecule has 1 rings (SSSR count). The maximum absolute atomic E-state index is 10.9. The molecule has 0 aliphatic heterocycles. The normalized spacial score (nSPS) is 9.69. The van der Waals surface area contributed by atoms with Gasteiger partial charge in [-0.15, -0.1) is 0 Å². The molecule has 0 fully saturated rings. The van der Waals surface area contributed by atoms with Crippen LogP contribution in [0.15, 0.2) is 12.1 Å². The molecule has 86 valence electrons. The van der Waals surface area contributed by atoms with Crippen LogP contribution in [0.2, 0.25) is 5.02 Å². The summed E-state index contributed by atoms with van der Waals surface area (Å²) in [5, 5.41) is 0.421. The van der Waals surface area contributed by atoms with Crippen molar-refractivity contribution in [2.75, 3.05) is 0 Å². The highest BCUT2D eigenvalue weighted by atomic mass is 35.5. The first-order chi connectivity index (χ1) is 7.58. The van der Waals surface area contributed by atoms with Gasteiger partial charge in [-0.1, -0.05) is 18.5 Å². The fourth-order valence-electron chi connectivity index (χ4n) is 1.25. The van der Waals surface area contributed by atoms with Gasteiger partial charge in [0.1, 0.15) is 0 Å². The molecule has 0 aliphatic rings. The third-order valence-electron chi connectivity index (χ3n) is 1.94. The van der Waals surface area contributed by atoms with Gasteiger partial charge in [-0.05, 0) is 18.1 Å². The van der Waals surface area contributed by atoms with Crippen LogP contribution in [0.1, 0.15) is 29.8 Å². The van der Waals surface area contributed by atoms with Crippen molar-refractivity contribution in [1.29, 1.82) is 0 Å². The Morgan fingerprint density at radius 3 is 2.69 bits per heavy atom. The Hall–Kier alpha value is -1.55. The molecule has 4 nitrogen and oxygen atoms in total. The second-order valence-corrected chi connectivity index (χ2v) is 3.54. The van der Waals surface area contributed by atoms with Crippen LogP contribution in [0.5, 0.6) is 5.75 Å². The van der Waals surface area contributed by atoms with Crippen molar-refractivity contribution in [3.63, 3.8) is 0 Å². The van der Waals surface area contributed by atoms with Crippen molar-refractivity contribution < 1.29 is 19.4 Å². The molecule has 5 heteroatoms. The van der Waals surface area contributed by atoms with Crippen molar-refractivity contribution in [3.05, 3.63) is 28.3 Å². The summed E-state index contributed by atoms with van der Waals surface area (Å²) in [6.45, 7) is 3.08. The highest BCUT2D eigenvalue weighted by Gasteiger charge is 2.12. The Labute approximate surface area is 98.0 Å². The van der Waals surface area contributed by atoms with Crippen LogP contribution in [0.25, 0.3) is 0 Å². The maximum atomic E-state index is 10.9. The first kappa shape index (κ1) is 12.5. The number of aryl methyl sites for hydroxylation is 1. The van der Waals surface area contributed by atoms with Crippen molar-refractivity contribution in [1.82, 2.24) is 0 Å². The summed E-state index contributed by atoms with van der Waals surface area (Å²) in [6, 6.07) is 3.10. The topological polar surface area (TPSA) is 52.6 Å². The first-order valence-electron chi connectivity index (χ1n) is 4.71. The Morgan fingerprint density at radius 1 is 1.50 bits per heavy atom. The largest absolute Gasteiger partial charge is 0.352 e. The number of benzene rings is 1. The minimum atomic E-state index is -0.602. The molecule has 0 saturated heterocycles. The van der Waals surface area contributed by atoms with Crippen LogP contribution in [0.3, 0.4) is 0 Å². The molecule has 0 aromatic heterocycles. The molecule has 0 heterocycles. The van der Waals surface area contributed by atoms with E-state index in [0.717, 1.165) is 5.56 Å². The van der Waals surface area contributed by atoms with Gasteiger partial charge in [-0.25, -0.2) is 4.79 Å². The van der Waals surface area contributed by atoms with E-state index in [1.165, 1.54) is 13.0 Å². The third-order valence-corrected chi connectivity index (χ3v) is 2.16. The number of carbonyl (C=O) groups excluding carboxylic acids is 2. The number of aldehydes is 1. The van der Waals surface area contributed by atoms with E-state index >= 15 is 0 Å². The monoisotopic (exact) mass is 242 g/mol. The Morgan fingerprint density at radius 2 is 2.19 bits per heavy atom. The standard InChI is InChI=1S/C11H11ClO4/c1-3-8-4-9(12)5-11(10(8)6-13)16-15-7(2)14/h4-6H,3H2,1-2H3. The zero-order chi connectivity index (χ0) is 12.1. The van der Waals surface area contributed by atoms with Crippen LogP contribution in [-0.4, -0.2) is 12.3 Å². The summed E-state index contributed by atoms with van der Waals surface area (Å²) < 4.78 is 0. The fourth-order valence-corrected chi connectivity index (χ4v) is 1.48. The molecule has 0 N–H and O–H groups in total. The van der Waals surface area contributed by atoms with Gasteiger partial charge in [0.05, 0.1) is 5.56 Å². The summed E-state index contributed by atoms with van der Waals surface area (Å²) in [6.07, 6.45) is 1.28. The lowest BCUT2D eigenvalue weighted by Crippen LogP contribution is -2.06. The molecule has 16 heavy (non-hydrogen) atoms. The van der Waals surface area contributed by atoms with E-state index < -0.39 is 5.97 Å². The van der Waals surface area contributed by atoms with E-state index in [0.29, 0.717) is 23.3 Å². The van der Waals surface area contributed by atoms with Crippen LogP contribution >= 0.6 is 11.6 Å². The van der Waals surface area contributed by atoms with Gasteiger partial charge < -0.3 is 0 Å². The molecular weight excluding hydrogens is 232 g/mol. The first-order valence-corrected chi connectivity index (χ1v) is 5.09. The third kappa shape index (κ3) is 2.97. The van der Waals surface area contributed by atoms with Crippen LogP contribution < -0.4 is 4.89 Å². The van der Waals surface area contributed by atoms with Crippen molar-refractivity contribution in [2.24, 2.45) is 0 Å². The zero-order valence-corrected chi connectivity index (χ0v) is 9.71. The average Bonchev–Trinajstić information content (AvgIpc) is 2.25. The zero-order valence-electron chi connectivity index (χ0n) is 8.95. The number of rotatable bonds is 4. The van der Waals surface area contributed by atoms with Crippen LogP contribution in [0, 0.1) is 0 Å². The molecule has 0 saturated carbocycles. The Balaban J connectivity index is 3.09. The SMILES string of the molecule is CCc1cc(Cl)cc(OOC(C)=O)c1C=O. The smallest absolute Gasteiger partial charge is 0.298 e. The van der Waals surface area contributed by atoms with E-state index in [4.69, 9.17) is 16.5 Å². The lowest BCUT2D eigenvalue weighted by molar-refractivity contribution is -0.211. The maximum Gasteiger partial charge on any atom is 0.352 e. The Kier molecular flexibility index (Phi) is 4.31.